The predicted molar refractivity (Wildman–Crippen MR) is 80.4 cm³/mol. The van der Waals surface area contributed by atoms with Gasteiger partial charge in [-0.05, 0) is 31.2 Å². The van der Waals surface area contributed by atoms with Crippen molar-refractivity contribution in [3.8, 4) is 5.75 Å². The second-order valence-electron chi connectivity index (χ2n) is 4.73. The highest BCUT2D eigenvalue weighted by Crippen LogP contribution is 2.31. The van der Waals surface area contributed by atoms with E-state index in [1.807, 2.05) is 4.72 Å². The molecule has 0 fully saturated rings. The van der Waals surface area contributed by atoms with Crippen LogP contribution in [0.4, 0.5) is 18.9 Å². The highest BCUT2D eigenvalue weighted by molar-refractivity contribution is 7.92. The maximum atomic E-state index is 12.4. The fraction of sp³-hybridized carbons (Fsp3) is 0.133. The molecule has 24 heavy (non-hydrogen) atoms. The summed E-state index contributed by atoms with van der Waals surface area (Å²) in [5.41, 5.74) is -0.0415. The summed E-state index contributed by atoms with van der Waals surface area (Å²) in [6.07, 6.45) is -4.95. The van der Waals surface area contributed by atoms with Crippen molar-refractivity contribution in [2.24, 2.45) is 0 Å². The quantitative estimate of drug-likeness (QED) is 0.828. The smallest absolute Gasteiger partial charge is 0.404 e. The predicted octanol–water partition coefficient (Wildman–Crippen LogP) is 3.59. The van der Waals surface area contributed by atoms with Gasteiger partial charge in [0, 0.05) is 5.56 Å². The molecular weight excluding hydrogens is 347 g/mol. The summed E-state index contributed by atoms with van der Waals surface area (Å²) in [4.78, 5) is 11.0. The van der Waals surface area contributed by atoms with Gasteiger partial charge in [-0.1, -0.05) is 24.3 Å². The van der Waals surface area contributed by atoms with Gasteiger partial charge in [-0.2, -0.15) is 0 Å². The van der Waals surface area contributed by atoms with Gasteiger partial charge >= 0.3 is 6.36 Å². The van der Waals surface area contributed by atoms with E-state index in [1.54, 1.807) is 0 Å². The van der Waals surface area contributed by atoms with Crippen molar-refractivity contribution in [2.75, 3.05) is 4.72 Å². The third-order valence-corrected chi connectivity index (χ3v) is 4.31. The molecule has 0 saturated carbocycles. The summed E-state index contributed by atoms with van der Waals surface area (Å²) in [5, 5.41) is 0. The van der Waals surface area contributed by atoms with E-state index in [-0.39, 0.29) is 16.4 Å². The number of para-hydroxylation sites is 2. The highest BCUT2D eigenvalue weighted by Gasteiger charge is 2.32. The lowest BCUT2D eigenvalue weighted by Gasteiger charge is -2.14. The molecule has 0 unspecified atom stereocenters. The van der Waals surface area contributed by atoms with Gasteiger partial charge in [0.2, 0.25) is 0 Å². The first kappa shape index (κ1) is 17.8. The zero-order valence-electron chi connectivity index (χ0n) is 12.3. The normalized spacial score (nSPS) is 11.8. The number of hydrogen-bond acceptors (Lipinski definition) is 4. The van der Waals surface area contributed by atoms with Gasteiger partial charge in [0.05, 0.1) is 10.6 Å². The molecule has 0 amide bonds. The largest absolute Gasteiger partial charge is 0.573 e. The molecule has 9 heteroatoms. The SMILES string of the molecule is CC(=O)c1ccc(S(=O)(=O)Nc2ccccc2OC(F)(F)F)cc1. The van der Waals surface area contributed by atoms with Gasteiger partial charge in [-0.25, -0.2) is 8.42 Å². The third kappa shape index (κ3) is 4.48. The van der Waals surface area contributed by atoms with Crippen LogP contribution in [0.25, 0.3) is 0 Å². The molecule has 2 rings (SSSR count). The fourth-order valence-electron chi connectivity index (χ4n) is 1.84. The van der Waals surface area contributed by atoms with Crippen LogP contribution in [0.3, 0.4) is 0 Å². The fourth-order valence-corrected chi connectivity index (χ4v) is 2.91. The van der Waals surface area contributed by atoms with Crippen LogP contribution in [0, 0.1) is 0 Å². The molecule has 2 aromatic carbocycles. The number of rotatable bonds is 5. The average Bonchev–Trinajstić information content (AvgIpc) is 2.48. The third-order valence-electron chi connectivity index (χ3n) is 2.93. The number of nitrogens with one attached hydrogen (secondary N) is 1. The summed E-state index contributed by atoms with van der Waals surface area (Å²) in [5.74, 6) is -0.912. The summed E-state index contributed by atoms with van der Waals surface area (Å²) in [7, 11) is -4.14. The monoisotopic (exact) mass is 359 g/mol. The molecule has 0 saturated heterocycles. The van der Waals surface area contributed by atoms with Crippen molar-refractivity contribution >= 4 is 21.5 Å². The molecule has 0 radical (unpaired) electrons. The van der Waals surface area contributed by atoms with Gasteiger partial charge in [-0.3, -0.25) is 9.52 Å². The molecule has 1 N–H and O–H groups in total. The Kier molecular flexibility index (Phi) is 4.83. The summed E-state index contributed by atoms with van der Waals surface area (Å²) < 4.78 is 67.5. The van der Waals surface area contributed by atoms with Crippen LogP contribution in [0.2, 0.25) is 0 Å². The molecular formula is C15H12F3NO4S. The molecule has 0 spiro atoms. The Morgan fingerprint density at radius 1 is 1.04 bits per heavy atom. The summed E-state index contributed by atoms with van der Waals surface area (Å²) >= 11 is 0. The molecule has 5 nitrogen and oxygen atoms in total. The zero-order valence-corrected chi connectivity index (χ0v) is 13.1. The molecule has 0 aliphatic carbocycles. The van der Waals surface area contributed by atoms with Crippen LogP contribution < -0.4 is 9.46 Å². The van der Waals surface area contributed by atoms with Crippen LogP contribution in [-0.4, -0.2) is 20.6 Å². The number of carbonyl (C=O) groups is 1. The molecule has 128 valence electrons. The van der Waals surface area contributed by atoms with E-state index in [4.69, 9.17) is 0 Å². The number of sulfonamides is 1. The van der Waals surface area contributed by atoms with Crippen molar-refractivity contribution in [3.63, 3.8) is 0 Å². The van der Waals surface area contributed by atoms with Crippen molar-refractivity contribution in [1.29, 1.82) is 0 Å². The number of hydrogen-bond donors (Lipinski definition) is 1. The number of ketones is 1. The van der Waals surface area contributed by atoms with E-state index >= 15 is 0 Å². The number of benzene rings is 2. The van der Waals surface area contributed by atoms with Gasteiger partial charge in [0.25, 0.3) is 10.0 Å². The maximum absolute atomic E-state index is 12.4. The topological polar surface area (TPSA) is 72.5 Å². The number of Topliss-reactive ketones (excluding diaryl/α,β-unsaturated/α-hetero) is 1. The Morgan fingerprint density at radius 2 is 1.62 bits per heavy atom. The van der Waals surface area contributed by atoms with Crippen molar-refractivity contribution in [2.45, 2.75) is 18.2 Å². The van der Waals surface area contributed by atoms with Gasteiger partial charge in [0.15, 0.2) is 11.5 Å². The summed E-state index contributed by atoms with van der Waals surface area (Å²) in [6, 6.07) is 9.77. The number of alkyl halides is 3. The van der Waals surface area contributed by atoms with Gasteiger partial charge < -0.3 is 4.74 Å². The van der Waals surface area contributed by atoms with Crippen molar-refractivity contribution in [1.82, 2.24) is 0 Å². The Morgan fingerprint density at radius 3 is 2.17 bits per heavy atom. The van der Waals surface area contributed by atoms with Crippen LogP contribution in [-0.2, 0) is 10.0 Å². The van der Waals surface area contributed by atoms with Crippen molar-refractivity contribution < 1.29 is 31.1 Å². The van der Waals surface area contributed by atoms with Gasteiger partial charge in [0.1, 0.15) is 0 Å². The minimum absolute atomic E-state index is 0.200. The average molecular weight is 359 g/mol. The van der Waals surface area contributed by atoms with Crippen molar-refractivity contribution in [3.05, 3.63) is 54.1 Å². The molecule has 0 aliphatic heterocycles. The minimum Gasteiger partial charge on any atom is -0.404 e. The Hall–Kier alpha value is -2.55. The Labute approximate surface area is 136 Å². The number of halogens is 3. The molecule has 0 bridgehead atoms. The zero-order chi connectivity index (χ0) is 18.0. The lowest BCUT2D eigenvalue weighted by atomic mass is 10.2. The van der Waals surface area contributed by atoms with E-state index in [1.165, 1.54) is 43.3 Å². The second kappa shape index (κ2) is 6.52. The lowest BCUT2D eigenvalue weighted by Crippen LogP contribution is -2.19. The molecule has 0 aromatic heterocycles. The molecule has 0 heterocycles. The number of carbonyl (C=O) groups excluding carboxylic acids is 1. The first-order chi connectivity index (χ1) is 11.1. The van der Waals surface area contributed by atoms with Crippen LogP contribution in [0.1, 0.15) is 17.3 Å². The van der Waals surface area contributed by atoms with E-state index in [0.717, 1.165) is 12.1 Å². The van der Waals surface area contributed by atoms with E-state index in [9.17, 15) is 26.4 Å². The second-order valence-corrected chi connectivity index (χ2v) is 6.41. The molecule has 0 aliphatic rings. The number of ether oxygens (including phenoxy) is 1. The maximum Gasteiger partial charge on any atom is 0.573 e. The van der Waals surface area contributed by atoms with E-state index in [0.29, 0.717) is 5.56 Å². The highest BCUT2D eigenvalue weighted by atomic mass is 32.2. The first-order valence-electron chi connectivity index (χ1n) is 6.57. The van der Waals surface area contributed by atoms with Crippen LogP contribution >= 0.6 is 0 Å². The van der Waals surface area contributed by atoms with E-state index < -0.39 is 22.1 Å². The molecule has 2 aromatic rings. The van der Waals surface area contributed by atoms with E-state index in [2.05, 4.69) is 4.74 Å². The Bertz CT molecular complexity index is 846. The lowest BCUT2D eigenvalue weighted by molar-refractivity contribution is -0.274. The standard InChI is InChI=1S/C15H12F3NO4S/c1-10(20)11-6-8-12(9-7-11)24(21,22)19-13-4-2-3-5-14(13)23-15(16,17)18/h2-9,19H,1H3. The first-order valence-corrected chi connectivity index (χ1v) is 8.05. The Balaban J connectivity index is 2.31. The minimum atomic E-state index is -4.95. The number of anilines is 1. The summed E-state index contributed by atoms with van der Waals surface area (Å²) in [6.45, 7) is 1.33. The van der Waals surface area contributed by atoms with Crippen LogP contribution in [0.15, 0.2) is 53.4 Å². The van der Waals surface area contributed by atoms with Gasteiger partial charge in [-0.15, -0.1) is 13.2 Å². The molecule has 0 atom stereocenters. The van der Waals surface area contributed by atoms with Crippen LogP contribution in [0.5, 0.6) is 5.75 Å².